The maximum atomic E-state index is 14.8. The van der Waals surface area contributed by atoms with Crippen LogP contribution >= 0.6 is 11.3 Å². The second-order valence-corrected chi connectivity index (χ2v) is 10.3. The third kappa shape index (κ3) is 5.30. The maximum absolute atomic E-state index is 14.8. The Labute approximate surface area is 236 Å². The van der Waals surface area contributed by atoms with E-state index in [1.165, 1.54) is 34.1 Å². The van der Waals surface area contributed by atoms with Crippen molar-refractivity contribution in [3.8, 4) is 28.2 Å². The molecule has 2 N–H and O–H groups in total. The van der Waals surface area contributed by atoms with Crippen LogP contribution in [0, 0.1) is 23.0 Å². The summed E-state index contributed by atoms with van der Waals surface area (Å²) in [5.74, 6) is -1.76. The summed E-state index contributed by atoms with van der Waals surface area (Å²) in [6, 6.07) is 15.0. The standard InChI is InChI=1S/C28H23F2N7O3S/c1-35(2)14-19-24-26(38)37(22-10-11-23(34-33-22)40-13-12-31)28(39)36(15-18-20(29)4-3-5-21(18)30)27(24)41-25(19)16-6-8-17(32)9-7-16/h3-11H,13-15,32H2,1-2H3. The maximum Gasteiger partial charge on any atom is 0.338 e. The number of nitrogens with two attached hydrogens (primary N) is 1. The van der Waals surface area contributed by atoms with Gasteiger partial charge in [0.05, 0.1) is 11.9 Å². The molecule has 0 saturated carbocycles. The van der Waals surface area contributed by atoms with Gasteiger partial charge in [0.1, 0.15) is 22.5 Å². The molecule has 5 rings (SSSR count). The normalized spacial score (nSPS) is 11.2. The second kappa shape index (κ2) is 11.3. The summed E-state index contributed by atoms with van der Waals surface area (Å²) in [7, 11) is 3.68. The highest BCUT2D eigenvalue weighted by Gasteiger charge is 2.25. The number of nitriles is 1. The molecule has 0 aliphatic carbocycles. The molecule has 0 radical (unpaired) electrons. The number of thiophene rings is 1. The molecule has 5 aromatic rings. The molecule has 0 amide bonds. The minimum absolute atomic E-state index is 0.0210. The van der Waals surface area contributed by atoms with Crippen LogP contribution in [0.5, 0.6) is 5.88 Å². The lowest BCUT2D eigenvalue weighted by atomic mass is 10.1. The summed E-state index contributed by atoms with van der Waals surface area (Å²) in [4.78, 5) is 30.8. The fourth-order valence-electron chi connectivity index (χ4n) is 4.40. The molecule has 0 aliphatic rings. The average molecular weight is 576 g/mol. The molecule has 41 heavy (non-hydrogen) atoms. The number of anilines is 1. The van der Waals surface area contributed by atoms with Gasteiger partial charge < -0.3 is 15.4 Å². The van der Waals surface area contributed by atoms with Crippen LogP contribution in [0.15, 0.2) is 64.2 Å². The van der Waals surface area contributed by atoms with Gasteiger partial charge in [0.25, 0.3) is 5.56 Å². The lowest BCUT2D eigenvalue weighted by Gasteiger charge is -2.14. The minimum atomic E-state index is -0.855. The van der Waals surface area contributed by atoms with E-state index in [1.54, 1.807) is 12.1 Å². The highest BCUT2D eigenvalue weighted by Crippen LogP contribution is 2.38. The Bertz CT molecular complexity index is 1890. The van der Waals surface area contributed by atoms with Gasteiger partial charge in [0.15, 0.2) is 12.4 Å². The number of nitrogen functional groups attached to an aromatic ring is 1. The first kappa shape index (κ1) is 27.6. The molecule has 13 heteroatoms. The lowest BCUT2D eigenvalue weighted by molar-refractivity contribution is 0.348. The summed E-state index contributed by atoms with van der Waals surface area (Å²) in [6.45, 7) is -0.417. The van der Waals surface area contributed by atoms with Gasteiger partial charge in [-0.1, -0.05) is 18.2 Å². The summed E-state index contributed by atoms with van der Waals surface area (Å²) in [5.41, 5.74) is 5.99. The number of hydrogen-bond donors (Lipinski definition) is 1. The second-order valence-electron chi connectivity index (χ2n) is 9.34. The number of aromatic nitrogens is 4. The van der Waals surface area contributed by atoms with Gasteiger partial charge in [-0.3, -0.25) is 9.36 Å². The molecule has 0 unspecified atom stereocenters. The first-order valence-electron chi connectivity index (χ1n) is 12.3. The Morgan fingerprint density at radius 2 is 1.73 bits per heavy atom. The van der Waals surface area contributed by atoms with Crippen molar-refractivity contribution in [2.75, 3.05) is 26.4 Å². The van der Waals surface area contributed by atoms with Crippen LogP contribution in [0.2, 0.25) is 0 Å². The van der Waals surface area contributed by atoms with E-state index in [0.29, 0.717) is 22.7 Å². The van der Waals surface area contributed by atoms with E-state index < -0.39 is 29.4 Å². The van der Waals surface area contributed by atoms with Gasteiger partial charge in [0.2, 0.25) is 5.88 Å². The van der Waals surface area contributed by atoms with Crippen molar-refractivity contribution in [1.29, 1.82) is 5.26 Å². The molecule has 208 valence electrons. The molecular weight excluding hydrogens is 552 g/mol. The SMILES string of the molecule is CN(C)Cc1c(-c2ccc(N)cc2)sc2c1c(=O)n(-c1ccc(OCC#N)nn1)c(=O)n2Cc1c(F)cccc1F. The zero-order valence-electron chi connectivity index (χ0n) is 22.0. The van der Waals surface area contributed by atoms with Crippen molar-refractivity contribution in [3.05, 3.63) is 98.2 Å². The molecule has 0 saturated heterocycles. The fourth-order valence-corrected chi connectivity index (χ4v) is 5.70. The molecule has 10 nitrogen and oxygen atoms in total. The molecule has 3 heterocycles. The third-order valence-corrected chi connectivity index (χ3v) is 7.54. The highest BCUT2D eigenvalue weighted by atomic mass is 32.1. The Morgan fingerprint density at radius 3 is 2.34 bits per heavy atom. The van der Waals surface area contributed by atoms with E-state index in [0.717, 1.165) is 22.3 Å². The van der Waals surface area contributed by atoms with Gasteiger partial charge in [-0.2, -0.15) is 5.26 Å². The van der Waals surface area contributed by atoms with Crippen LogP contribution in [-0.2, 0) is 13.1 Å². The summed E-state index contributed by atoms with van der Waals surface area (Å²) >= 11 is 1.18. The van der Waals surface area contributed by atoms with Crippen molar-refractivity contribution in [3.63, 3.8) is 0 Å². The number of halogens is 2. The zero-order chi connectivity index (χ0) is 29.3. The number of rotatable bonds is 8. The van der Waals surface area contributed by atoms with Gasteiger partial charge in [0, 0.05) is 28.7 Å². The number of ether oxygens (including phenoxy) is 1. The Hall–Kier alpha value is -4.93. The molecule has 0 atom stereocenters. The van der Waals surface area contributed by atoms with E-state index in [-0.39, 0.29) is 34.1 Å². The van der Waals surface area contributed by atoms with Crippen LogP contribution in [0.1, 0.15) is 11.1 Å². The predicted molar refractivity (Wildman–Crippen MR) is 151 cm³/mol. The third-order valence-electron chi connectivity index (χ3n) is 6.24. The quantitative estimate of drug-likeness (QED) is 0.278. The molecule has 0 spiro atoms. The van der Waals surface area contributed by atoms with E-state index in [4.69, 9.17) is 15.7 Å². The summed E-state index contributed by atoms with van der Waals surface area (Å²) in [5, 5.41) is 16.8. The average Bonchev–Trinajstić information content (AvgIpc) is 3.31. The number of hydrogen-bond acceptors (Lipinski definition) is 9. The predicted octanol–water partition coefficient (Wildman–Crippen LogP) is 3.54. The highest BCUT2D eigenvalue weighted by molar-refractivity contribution is 7.22. The lowest BCUT2D eigenvalue weighted by Crippen LogP contribution is -2.39. The van der Waals surface area contributed by atoms with Gasteiger partial charge in [-0.15, -0.1) is 21.5 Å². The minimum Gasteiger partial charge on any atom is -0.461 e. The zero-order valence-corrected chi connectivity index (χ0v) is 22.8. The van der Waals surface area contributed by atoms with Gasteiger partial charge >= 0.3 is 5.69 Å². The van der Waals surface area contributed by atoms with E-state index in [9.17, 15) is 18.4 Å². The van der Waals surface area contributed by atoms with E-state index >= 15 is 0 Å². The van der Waals surface area contributed by atoms with E-state index in [2.05, 4.69) is 10.2 Å². The van der Waals surface area contributed by atoms with Crippen LogP contribution in [-0.4, -0.2) is 44.9 Å². The Kier molecular flexibility index (Phi) is 7.60. The van der Waals surface area contributed by atoms with Crippen molar-refractivity contribution in [2.24, 2.45) is 0 Å². The monoisotopic (exact) mass is 575 g/mol. The largest absolute Gasteiger partial charge is 0.461 e. The molecule has 0 bridgehead atoms. The Morgan fingerprint density at radius 1 is 1.02 bits per heavy atom. The smallest absolute Gasteiger partial charge is 0.338 e. The molecule has 3 aromatic heterocycles. The van der Waals surface area contributed by atoms with Crippen molar-refractivity contribution in [1.82, 2.24) is 24.2 Å². The summed E-state index contributed by atoms with van der Waals surface area (Å²) in [6.07, 6.45) is 0. The number of benzene rings is 2. The first-order chi connectivity index (χ1) is 19.7. The van der Waals surface area contributed by atoms with Crippen molar-refractivity contribution < 1.29 is 13.5 Å². The Balaban J connectivity index is 1.84. The first-order valence-corrected chi connectivity index (χ1v) is 13.1. The molecular formula is C28H23F2N7O3S. The van der Waals surface area contributed by atoms with E-state index in [1.807, 2.05) is 37.2 Å². The van der Waals surface area contributed by atoms with Crippen LogP contribution < -0.4 is 21.7 Å². The topological polar surface area (TPSA) is 132 Å². The van der Waals surface area contributed by atoms with Crippen molar-refractivity contribution in [2.45, 2.75) is 13.1 Å². The van der Waals surface area contributed by atoms with Gasteiger partial charge in [-0.25, -0.2) is 18.1 Å². The van der Waals surface area contributed by atoms with Crippen molar-refractivity contribution >= 4 is 27.2 Å². The molecule has 2 aromatic carbocycles. The van der Waals surface area contributed by atoms with Crippen LogP contribution in [0.4, 0.5) is 14.5 Å². The molecule has 0 aliphatic heterocycles. The summed E-state index contributed by atoms with van der Waals surface area (Å²) < 4.78 is 36.7. The van der Waals surface area contributed by atoms with Crippen LogP contribution in [0.3, 0.4) is 0 Å². The number of fused-ring (bicyclic) bond motifs is 1. The van der Waals surface area contributed by atoms with Gasteiger partial charge in [-0.05, 0) is 55.6 Å². The fraction of sp³-hybridized carbons (Fsp3) is 0.179. The van der Waals surface area contributed by atoms with Crippen LogP contribution in [0.25, 0.3) is 26.5 Å². The number of nitrogens with zero attached hydrogens (tertiary/aromatic N) is 6. The molecule has 0 fully saturated rings.